The zero-order valence-corrected chi connectivity index (χ0v) is 7.77. The maximum atomic E-state index is 11.1. The Morgan fingerprint density at radius 3 is 3.09 bits per heavy atom. The van der Waals surface area contributed by atoms with Crippen molar-refractivity contribution < 1.29 is 13.9 Å². The number of fused-ring (bicyclic) bond motifs is 1. The monoisotopic (exact) mass is 193 g/mol. The van der Waals surface area contributed by atoms with Gasteiger partial charge in [0, 0.05) is 5.92 Å². The van der Waals surface area contributed by atoms with Gasteiger partial charge in [-0.25, -0.2) is 0 Å². The molecule has 1 saturated carbocycles. The highest BCUT2D eigenvalue weighted by Crippen LogP contribution is 2.50. The summed E-state index contributed by atoms with van der Waals surface area (Å²) in [5.41, 5.74) is 0. The lowest BCUT2D eigenvalue weighted by Crippen LogP contribution is -2.30. The molecule has 2 fully saturated rings. The summed E-state index contributed by atoms with van der Waals surface area (Å²) in [7, 11) is 0. The van der Waals surface area contributed by atoms with Gasteiger partial charge in [-0.05, 0) is 12.8 Å². The summed E-state index contributed by atoms with van der Waals surface area (Å²) in [5.74, 6) is 0.444. The fraction of sp³-hybridized carbons (Fsp3) is 1.00. The Morgan fingerprint density at radius 2 is 2.27 bits per heavy atom. The van der Waals surface area contributed by atoms with Gasteiger partial charge in [0.1, 0.15) is 6.72 Å². The van der Waals surface area contributed by atoms with Crippen LogP contribution >= 0.6 is 6.72 Å². The Balaban J connectivity index is 2.08. The molecule has 1 aliphatic carbocycles. The lowest BCUT2D eigenvalue weighted by molar-refractivity contribution is -0.221. The molecule has 1 unspecified atom stereocenters. The first-order valence-electron chi connectivity index (χ1n) is 3.81. The summed E-state index contributed by atoms with van der Waals surface area (Å²) in [5, 5.41) is 0. The predicted molar refractivity (Wildman–Crippen MR) is 42.5 cm³/mol. The van der Waals surface area contributed by atoms with Crippen LogP contribution in [0.15, 0.2) is 0 Å². The minimum absolute atomic E-state index is 0.118. The van der Waals surface area contributed by atoms with Crippen molar-refractivity contribution in [1.82, 2.24) is 0 Å². The van der Waals surface area contributed by atoms with Gasteiger partial charge >= 0.3 is 0 Å². The second-order valence-electron chi connectivity index (χ2n) is 3.08. The minimum atomic E-state index is -3.07. The molecule has 0 N–H and O–H groups in total. The summed E-state index contributed by atoms with van der Waals surface area (Å²) in [4.78, 5) is 11.1. The van der Waals surface area contributed by atoms with Crippen molar-refractivity contribution in [3.05, 3.63) is 0 Å². The molecule has 0 amide bonds. The van der Waals surface area contributed by atoms with E-state index < -0.39 is 6.72 Å². The van der Waals surface area contributed by atoms with E-state index in [0.29, 0.717) is 12.5 Å². The normalized spacial score (nSPS) is 50.6. The predicted octanol–water partition coefficient (Wildman–Crippen LogP) is 0.787. The summed E-state index contributed by atoms with van der Waals surface area (Å²) in [6.07, 6.45) is 3.38. The average Bonchev–Trinajstić information content (AvgIpc) is 2.31. The van der Waals surface area contributed by atoms with E-state index in [-0.39, 0.29) is 6.10 Å². The first kappa shape index (κ1) is 8.14. The van der Waals surface area contributed by atoms with Crippen molar-refractivity contribution >= 4 is 18.5 Å². The Morgan fingerprint density at radius 1 is 1.45 bits per heavy atom. The minimum Gasteiger partial charge on any atom is -0.780 e. The average molecular weight is 193 g/mol. The van der Waals surface area contributed by atoms with E-state index >= 15 is 0 Å². The lowest BCUT2D eigenvalue weighted by Gasteiger charge is -2.38. The van der Waals surface area contributed by atoms with Crippen LogP contribution in [0.2, 0.25) is 0 Å². The molecule has 0 aromatic carbocycles. The molecule has 1 aliphatic heterocycles. The highest BCUT2D eigenvalue weighted by Gasteiger charge is 2.34. The number of rotatable bonds is 0. The van der Waals surface area contributed by atoms with Crippen LogP contribution in [0.25, 0.3) is 0 Å². The molecule has 3 atom stereocenters. The van der Waals surface area contributed by atoms with Crippen molar-refractivity contribution in [1.29, 1.82) is 0 Å². The standard InChI is InChI=1S/C6H11O3PS/c7-10(11)8-4-5-2-1-3-6(5)9-10/h5-6H,1-4H2,(H,7,11)/p-1/t5-,6+,10?/m1/s1. The summed E-state index contributed by atoms with van der Waals surface area (Å²) in [6, 6.07) is 0. The van der Waals surface area contributed by atoms with E-state index in [1.54, 1.807) is 0 Å². The molecule has 1 saturated heterocycles. The second kappa shape index (κ2) is 2.79. The first-order valence-corrected chi connectivity index (χ1v) is 6.37. The van der Waals surface area contributed by atoms with E-state index in [1.165, 1.54) is 0 Å². The Hall–Kier alpha value is 0.530. The topological polar surface area (TPSA) is 41.5 Å². The number of hydrogen-bond donors (Lipinski definition) is 0. The van der Waals surface area contributed by atoms with Gasteiger partial charge in [-0.2, -0.15) is 0 Å². The van der Waals surface area contributed by atoms with Crippen molar-refractivity contribution in [2.75, 3.05) is 6.61 Å². The zero-order valence-electron chi connectivity index (χ0n) is 6.06. The van der Waals surface area contributed by atoms with E-state index in [0.717, 1.165) is 19.3 Å². The van der Waals surface area contributed by atoms with Gasteiger partial charge in [0.15, 0.2) is 0 Å². The SMILES string of the molecule is [O-]P1(=S)OC[C@H]2CCC[C@@H]2O1. The molecule has 2 aliphatic rings. The molecule has 0 bridgehead atoms. The van der Waals surface area contributed by atoms with Gasteiger partial charge in [-0.1, -0.05) is 18.2 Å². The molecule has 1 heterocycles. The Kier molecular flexibility index (Phi) is 2.06. The number of hydrogen-bond acceptors (Lipinski definition) is 4. The third-order valence-electron chi connectivity index (χ3n) is 2.30. The van der Waals surface area contributed by atoms with Crippen molar-refractivity contribution in [3.63, 3.8) is 0 Å². The lowest BCUT2D eigenvalue weighted by atomic mass is 10.1. The van der Waals surface area contributed by atoms with Crippen LogP contribution in [0, 0.1) is 5.92 Å². The summed E-state index contributed by atoms with van der Waals surface area (Å²) >= 11 is 4.63. The van der Waals surface area contributed by atoms with Crippen LogP contribution < -0.4 is 4.89 Å². The Bertz CT molecular complexity index is 208. The van der Waals surface area contributed by atoms with Crippen LogP contribution in [0.3, 0.4) is 0 Å². The maximum absolute atomic E-state index is 11.1. The van der Waals surface area contributed by atoms with Gasteiger partial charge in [-0.15, -0.1) is 0 Å². The van der Waals surface area contributed by atoms with Crippen LogP contribution in [0.5, 0.6) is 0 Å². The molecule has 0 spiro atoms. The molecule has 5 heteroatoms. The van der Waals surface area contributed by atoms with Crippen molar-refractivity contribution in [3.8, 4) is 0 Å². The molecular formula is C6H10O3PS-. The van der Waals surface area contributed by atoms with Crippen LogP contribution in [-0.4, -0.2) is 12.7 Å². The molecule has 11 heavy (non-hydrogen) atoms. The van der Waals surface area contributed by atoms with Gasteiger partial charge in [0.25, 0.3) is 0 Å². The molecular weight excluding hydrogens is 183 g/mol. The van der Waals surface area contributed by atoms with Gasteiger partial charge in [0.05, 0.1) is 12.7 Å². The smallest absolute Gasteiger partial charge is 0.115 e. The second-order valence-corrected chi connectivity index (χ2v) is 5.78. The first-order chi connectivity index (χ1) is 5.17. The fourth-order valence-electron chi connectivity index (χ4n) is 1.72. The van der Waals surface area contributed by atoms with Gasteiger partial charge in [-0.3, -0.25) is 0 Å². The van der Waals surface area contributed by atoms with E-state index in [9.17, 15) is 4.89 Å². The highest BCUT2D eigenvalue weighted by molar-refractivity contribution is 8.06. The quantitative estimate of drug-likeness (QED) is 0.533. The van der Waals surface area contributed by atoms with Crippen LogP contribution in [0.4, 0.5) is 0 Å². The summed E-state index contributed by atoms with van der Waals surface area (Å²) in [6.45, 7) is -2.54. The van der Waals surface area contributed by atoms with Gasteiger partial charge in [0.2, 0.25) is 0 Å². The molecule has 2 rings (SSSR count). The van der Waals surface area contributed by atoms with E-state index in [2.05, 4.69) is 11.8 Å². The largest absolute Gasteiger partial charge is 0.780 e. The fourth-order valence-corrected chi connectivity index (χ4v) is 3.27. The van der Waals surface area contributed by atoms with Crippen LogP contribution in [-0.2, 0) is 20.9 Å². The van der Waals surface area contributed by atoms with Gasteiger partial charge < -0.3 is 13.9 Å². The maximum Gasteiger partial charge on any atom is 0.115 e. The third-order valence-corrected chi connectivity index (χ3v) is 3.87. The zero-order chi connectivity index (χ0) is 7.90. The van der Waals surface area contributed by atoms with Crippen molar-refractivity contribution in [2.45, 2.75) is 25.4 Å². The molecule has 64 valence electrons. The third kappa shape index (κ3) is 1.65. The van der Waals surface area contributed by atoms with Crippen LogP contribution in [0.1, 0.15) is 19.3 Å². The molecule has 0 aromatic rings. The molecule has 0 radical (unpaired) electrons. The van der Waals surface area contributed by atoms with E-state index in [4.69, 9.17) is 9.05 Å². The molecule has 3 nitrogen and oxygen atoms in total. The van der Waals surface area contributed by atoms with E-state index in [1.807, 2.05) is 0 Å². The van der Waals surface area contributed by atoms with Crippen molar-refractivity contribution in [2.24, 2.45) is 5.92 Å². The Labute approximate surface area is 71.0 Å². The molecule has 0 aromatic heterocycles. The highest BCUT2D eigenvalue weighted by atomic mass is 32.5. The summed E-state index contributed by atoms with van der Waals surface area (Å²) < 4.78 is 10.1.